The van der Waals surface area contributed by atoms with E-state index in [2.05, 4.69) is 10.2 Å². The minimum Gasteiger partial charge on any atom is -0.504 e. The highest BCUT2D eigenvalue weighted by molar-refractivity contribution is 6.32. The highest BCUT2D eigenvalue weighted by Gasteiger charge is 2.23. The van der Waals surface area contributed by atoms with E-state index in [-0.39, 0.29) is 22.7 Å². The molecule has 4 N–H and O–H groups in total. The third-order valence-electron chi connectivity index (χ3n) is 3.71. The lowest BCUT2D eigenvalue weighted by Crippen LogP contribution is -2.21. The average Bonchev–Trinajstić information content (AvgIpc) is 3.03. The molecule has 8 heteroatoms. The molecule has 25 heavy (non-hydrogen) atoms. The Bertz CT molecular complexity index is 928. The zero-order chi connectivity index (χ0) is 18.0. The minimum absolute atomic E-state index is 0.0129. The number of phenolic OH excluding ortho intramolecular Hbond substituents is 1. The monoisotopic (exact) mass is 361 g/mol. The fourth-order valence-electron chi connectivity index (χ4n) is 2.53. The van der Waals surface area contributed by atoms with Gasteiger partial charge in [0.15, 0.2) is 11.6 Å². The van der Waals surface area contributed by atoms with Crippen LogP contribution in [0.1, 0.15) is 5.56 Å². The number of rotatable bonds is 4. The molecule has 6 nitrogen and oxygen atoms in total. The van der Waals surface area contributed by atoms with Gasteiger partial charge >= 0.3 is 0 Å². The normalized spacial score (nSPS) is 10.7. The average molecular weight is 362 g/mol. The van der Waals surface area contributed by atoms with Crippen LogP contribution in [0.2, 0.25) is 5.02 Å². The van der Waals surface area contributed by atoms with Crippen LogP contribution < -0.4 is 5.48 Å². The third kappa shape index (κ3) is 3.19. The quantitative estimate of drug-likeness (QED) is 0.423. The van der Waals surface area contributed by atoms with Crippen LogP contribution in [0.25, 0.3) is 22.5 Å². The fraction of sp³-hybridized carbons (Fsp3) is 0.0588. The third-order valence-corrected chi connectivity index (χ3v) is 4.02. The zero-order valence-electron chi connectivity index (χ0n) is 12.8. The number of H-pyrrole nitrogens is 1. The molecule has 3 rings (SSSR count). The molecule has 0 saturated carbocycles. The zero-order valence-corrected chi connectivity index (χ0v) is 13.5. The van der Waals surface area contributed by atoms with E-state index in [1.54, 1.807) is 29.7 Å². The summed E-state index contributed by atoms with van der Waals surface area (Å²) in [5, 5.41) is 25.3. The summed E-state index contributed by atoms with van der Waals surface area (Å²) in [6.07, 6.45) is -0.241. The first-order valence-electron chi connectivity index (χ1n) is 7.25. The van der Waals surface area contributed by atoms with Gasteiger partial charge in [0, 0.05) is 11.1 Å². The van der Waals surface area contributed by atoms with Gasteiger partial charge in [-0.05, 0) is 17.7 Å². The molecular formula is C17H13ClFN3O3. The fourth-order valence-corrected chi connectivity index (χ4v) is 2.67. The number of hydrogen-bond donors (Lipinski definition) is 4. The van der Waals surface area contributed by atoms with Crippen LogP contribution in [-0.2, 0) is 11.2 Å². The molecule has 1 aromatic heterocycles. The molecule has 0 bridgehead atoms. The number of aromatic nitrogens is 2. The summed E-state index contributed by atoms with van der Waals surface area (Å²) < 4.78 is 14.4. The van der Waals surface area contributed by atoms with Crippen LogP contribution in [-0.4, -0.2) is 26.4 Å². The van der Waals surface area contributed by atoms with Crippen LogP contribution in [0.4, 0.5) is 4.39 Å². The number of carbonyl (C=O) groups is 1. The van der Waals surface area contributed by atoms with Crippen molar-refractivity contribution in [3.05, 3.63) is 58.9 Å². The molecule has 3 aromatic rings. The summed E-state index contributed by atoms with van der Waals surface area (Å²) >= 11 is 5.71. The van der Waals surface area contributed by atoms with Crippen LogP contribution >= 0.6 is 11.6 Å². The van der Waals surface area contributed by atoms with Crippen LogP contribution in [0.3, 0.4) is 0 Å². The molecule has 2 aromatic carbocycles. The Morgan fingerprint density at radius 2 is 1.96 bits per heavy atom. The number of benzene rings is 2. The molecule has 1 heterocycles. The maximum atomic E-state index is 14.4. The standard InChI is InChI=1S/C17H13ClFN3O3/c18-12-7-6-10(14(19)17(12)24)16-11(8-13(23)22-25)15(20-21-16)9-4-2-1-3-5-9/h1-7,24-25H,8H2,(H,20,21)(H,22,23). The summed E-state index contributed by atoms with van der Waals surface area (Å²) in [5.41, 5.74) is 3.30. The summed E-state index contributed by atoms with van der Waals surface area (Å²) in [4.78, 5) is 11.7. The summed E-state index contributed by atoms with van der Waals surface area (Å²) in [6, 6.07) is 11.7. The molecule has 0 fully saturated rings. The number of carbonyl (C=O) groups excluding carboxylic acids is 1. The number of nitrogens with zero attached hydrogens (tertiary/aromatic N) is 1. The summed E-state index contributed by atoms with van der Waals surface area (Å²) in [5.74, 6) is -2.32. The lowest BCUT2D eigenvalue weighted by Gasteiger charge is -2.08. The van der Waals surface area contributed by atoms with E-state index in [1.165, 1.54) is 12.1 Å². The van der Waals surface area contributed by atoms with E-state index in [9.17, 15) is 14.3 Å². The Labute approximate surface area is 146 Å². The number of halogens is 2. The molecule has 0 spiro atoms. The Morgan fingerprint density at radius 1 is 1.24 bits per heavy atom. The number of hydroxylamine groups is 1. The van der Waals surface area contributed by atoms with Gasteiger partial charge in [-0.1, -0.05) is 41.9 Å². The van der Waals surface area contributed by atoms with E-state index in [4.69, 9.17) is 16.8 Å². The largest absolute Gasteiger partial charge is 0.504 e. The molecule has 0 aliphatic rings. The van der Waals surface area contributed by atoms with E-state index < -0.39 is 17.5 Å². The van der Waals surface area contributed by atoms with E-state index >= 15 is 0 Å². The smallest absolute Gasteiger partial charge is 0.247 e. The van der Waals surface area contributed by atoms with Gasteiger partial charge in [-0.2, -0.15) is 5.10 Å². The van der Waals surface area contributed by atoms with Gasteiger partial charge in [0.2, 0.25) is 5.91 Å². The van der Waals surface area contributed by atoms with Crippen LogP contribution in [0.5, 0.6) is 5.75 Å². The molecule has 0 atom stereocenters. The van der Waals surface area contributed by atoms with E-state index in [0.717, 1.165) is 5.56 Å². The molecule has 1 amide bonds. The van der Waals surface area contributed by atoms with Crippen molar-refractivity contribution in [2.24, 2.45) is 0 Å². The van der Waals surface area contributed by atoms with Crippen molar-refractivity contribution in [2.45, 2.75) is 6.42 Å². The lowest BCUT2D eigenvalue weighted by atomic mass is 9.99. The van der Waals surface area contributed by atoms with Gasteiger partial charge in [0.05, 0.1) is 22.8 Å². The Morgan fingerprint density at radius 3 is 2.64 bits per heavy atom. The maximum absolute atomic E-state index is 14.4. The number of aromatic hydroxyl groups is 1. The second-order valence-electron chi connectivity index (χ2n) is 5.26. The lowest BCUT2D eigenvalue weighted by molar-refractivity contribution is -0.128. The van der Waals surface area contributed by atoms with Crippen molar-refractivity contribution in [1.82, 2.24) is 15.7 Å². The Hall–Kier alpha value is -2.90. The second-order valence-corrected chi connectivity index (χ2v) is 5.67. The van der Waals surface area contributed by atoms with Gasteiger partial charge in [0.1, 0.15) is 0 Å². The van der Waals surface area contributed by atoms with Crippen molar-refractivity contribution in [3.63, 3.8) is 0 Å². The molecular weight excluding hydrogens is 349 g/mol. The van der Waals surface area contributed by atoms with Gasteiger partial charge in [-0.15, -0.1) is 0 Å². The molecule has 0 aliphatic carbocycles. The summed E-state index contributed by atoms with van der Waals surface area (Å²) in [6.45, 7) is 0. The van der Waals surface area contributed by atoms with Gasteiger partial charge in [-0.25, -0.2) is 9.87 Å². The highest BCUT2D eigenvalue weighted by atomic mass is 35.5. The number of nitrogens with one attached hydrogen (secondary N) is 2. The topological polar surface area (TPSA) is 98.2 Å². The first kappa shape index (κ1) is 16.9. The number of aromatic amines is 1. The minimum atomic E-state index is -0.940. The molecule has 0 unspecified atom stereocenters. The molecule has 0 saturated heterocycles. The predicted molar refractivity (Wildman–Crippen MR) is 89.7 cm³/mol. The molecule has 0 aliphatic heterocycles. The second kappa shape index (κ2) is 6.92. The Balaban J connectivity index is 2.19. The predicted octanol–water partition coefficient (Wildman–Crippen LogP) is 3.29. The van der Waals surface area contributed by atoms with Crippen LogP contribution in [0, 0.1) is 5.82 Å². The SMILES string of the molecule is O=C(Cc1c(-c2ccc(Cl)c(O)c2F)n[nH]c1-c1ccccc1)NO. The summed E-state index contributed by atoms with van der Waals surface area (Å²) in [7, 11) is 0. The van der Waals surface area contributed by atoms with Gasteiger partial charge < -0.3 is 5.11 Å². The molecule has 0 radical (unpaired) electrons. The highest BCUT2D eigenvalue weighted by Crippen LogP contribution is 2.37. The van der Waals surface area contributed by atoms with E-state index in [1.807, 2.05) is 6.07 Å². The first-order chi connectivity index (χ1) is 12.0. The number of phenols is 1. The van der Waals surface area contributed by atoms with Crippen LogP contribution in [0.15, 0.2) is 42.5 Å². The Kier molecular flexibility index (Phi) is 4.69. The van der Waals surface area contributed by atoms with Crippen molar-refractivity contribution < 1.29 is 19.5 Å². The van der Waals surface area contributed by atoms with Gasteiger partial charge in [-0.3, -0.25) is 15.1 Å². The van der Waals surface area contributed by atoms with Crippen molar-refractivity contribution in [1.29, 1.82) is 0 Å². The van der Waals surface area contributed by atoms with Crippen molar-refractivity contribution in [3.8, 4) is 28.3 Å². The number of amides is 1. The van der Waals surface area contributed by atoms with Gasteiger partial charge in [0.25, 0.3) is 0 Å². The van der Waals surface area contributed by atoms with Crippen molar-refractivity contribution >= 4 is 17.5 Å². The number of hydrogen-bond acceptors (Lipinski definition) is 4. The maximum Gasteiger partial charge on any atom is 0.247 e. The first-order valence-corrected chi connectivity index (χ1v) is 7.63. The molecule has 128 valence electrons. The van der Waals surface area contributed by atoms with Crippen molar-refractivity contribution in [2.75, 3.05) is 0 Å². The van der Waals surface area contributed by atoms with E-state index in [0.29, 0.717) is 11.3 Å².